The highest BCUT2D eigenvalue weighted by atomic mass is 16.6. The first kappa shape index (κ1) is 16.7. The number of rotatable bonds is 2. The molecule has 142 valence electrons. The second-order valence-electron chi connectivity index (χ2n) is 7.13. The second-order valence-corrected chi connectivity index (χ2v) is 7.13. The lowest BCUT2D eigenvalue weighted by Gasteiger charge is -2.19. The predicted molar refractivity (Wildman–Crippen MR) is 117 cm³/mol. The van der Waals surface area contributed by atoms with E-state index in [0.29, 0.717) is 23.3 Å². The zero-order chi connectivity index (χ0) is 19.9. The average molecular weight is 388 g/mol. The minimum absolute atomic E-state index is 0.387. The van der Waals surface area contributed by atoms with Gasteiger partial charge in [-0.25, -0.2) is 9.97 Å². The van der Waals surface area contributed by atoms with Crippen molar-refractivity contribution in [3.05, 3.63) is 97.1 Å². The Labute approximate surface area is 173 Å². The molecule has 1 aliphatic heterocycles. The van der Waals surface area contributed by atoms with Gasteiger partial charge in [0.2, 0.25) is 0 Å². The van der Waals surface area contributed by atoms with Crippen LogP contribution in [0.5, 0.6) is 23.3 Å². The molecule has 4 heteroatoms. The lowest BCUT2D eigenvalue weighted by atomic mass is 10.00. The summed E-state index contributed by atoms with van der Waals surface area (Å²) in [5.41, 5.74) is 6.10. The molecule has 30 heavy (non-hydrogen) atoms. The van der Waals surface area contributed by atoms with E-state index >= 15 is 0 Å². The van der Waals surface area contributed by atoms with Crippen molar-refractivity contribution in [3.8, 4) is 45.5 Å². The fraction of sp³-hybridized carbons (Fsp3) is 0. The van der Waals surface area contributed by atoms with E-state index in [-0.39, 0.29) is 0 Å². The van der Waals surface area contributed by atoms with Crippen LogP contribution in [0.1, 0.15) is 0 Å². The van der Waals surface area contributed by atoms with Gasteiger partial charge in [-0.15, -0.1) is 0 Å². The van der Waals surface area contributed by atoms with Crippen molar-refractivity contribution in [2.24, 2.45) is 0 Å². The first-order chi connectivity index (χ1) is 14.8. The summed E-state index contributed by atoms with van der Waals surface area (Å²) in [5.74, 6) is 2.05. The molecule has 4 nitrogen and oxygen atoms in total. The zero-order valence-electron chi connectivity index (χ0n) is 15.9. The van der Waals surface area contributed by atoms with Crippen molar-refractivity contribution in [1.29, 1.82) is 0 Å². The average Bonchev–Trinajstić information content (AvgIpc) is 2.82. The third kappa shape index (κ3) is 2.86. The van der Waals surface area contributed by atoms with Crippen molar-refractivity contribution in [1.82, 2.24) is 9.97 Å². The van der Waals surface area contributed by atoms with Crippen LogP contribution in [-0.2, 0) is 0 Å². The van der Waals surface area contributed by atoms with Gasteiger partial charge in [0.1, 0.15) is 0 Å². The molecular weight excluding hydrogens is 372 g/mol. The topological polar surface area (TPSA) is 44.2 Å². The van der Waals surface area contributed by atoms with E-state index in [1.165, 1.54) is 11.1 Å². The van der Waals surface area contributed by atoms with Crippen molar-refractivity contribution >= 4 is 11.0 Å². The Morgan fingerprint density at radius 3 is 1.60 bits per heavy atom. The van der Waals surface area contributed by atoms with Crippen LogP contribution in [0.25, 0.3) is 33.3 Å². The maximum Gasteiger partial charge on any atom is 0.284 e. The number of aromatic nitrogens is 2. The lowest BCUT2D eigenvalue weighted by Crippen LogP contribution is -2.03. The number of hydrogen-bond acceptors (Lipinski definition) is 4. The molecule has 0 fully saturated rings. The first-order valence-electron chi connectivity index (χ1n) is 9.76. The smallest absolute Gasteiger partial charge is 0.284 e. The molecule has 0 radical (unpaired) electrons. The third-order valence-electron chi connectivity index (χ3n) is 5.19. The van der Waals surface area contributed by atoms with E-state index in [0.717, 1.165) is 22.2 Å². The fourth-order valence-electron chi connectivity index (χ4n) is 3.65. The van der Waals surface area contributed by atoms with Crippen LogP contribution in [0.3, 0.4) is 0 Å². The standard InChI is InChI=1S/C26H16N2O2/c1-2-6-17(7-3-1)18-10-12-19(13-11-18)20-14-15-23-24(16-20)30-26-25(29-23)27-21-8-4-5-9-22(21)28-26/h1-16H. The molecule has 0 saturated heterocycles. The maximum atomic E-state index is 6.04. The summed E-state index contributed by atoms with van der Waals surface area (Å²) in [6, 6.07) is 32.4. The molecular formula is C26H16N2O2. The monoisotopic (exact) mass is 388 g/mol. The molecule has 0 bridgehead atoms. The van der Waals surface area contributed by atoms with Gasteiger partial charge >= 0.3 is 0 Å². The number of ether oxygens (including phenoxy) is 2. The molecule has 0 saturated carbocycles. The van der Waals surface area contributed by atoms with Gasteiger partial charge in [-0.3, -0.25) is 0 Å². The first-order valence-corrected chi connectivity index (χ1v) is 9.76. The third-order valence-corrected chi connectivity index (χ3v) is 5.19. The Hall–Kier alpha value is -4.18. The highest BCUT2D eigenvalue weighted by Gasteiger charge is 2.22. The van der Waals surface area contributed by atoms with E-state index in [9.17, 15) is 0 Å². The minimum Gasteiger partial charge on any atom is -0.431 e. The number of hydrogen-bond donors (Lipinski definition) is 0. The lowest BCUT2D eigenvalue weighted by molar-refractivity contribution is 0.339. The summed E-state index contributed by atoms with van der Waals surface area (Å²) in [6.07, 6.45) is 0. The summed E-state index contributed by atoms with van der Waals surface area (Å²) < 4.78 is 12.0. The molecule has 0 spiro atoms. The van der Waals surface area contributed by atoms with Gasteiger partial charge in [-0.1, -0.05) is 72.8 Å². The van der Waals surface area contributed by atoms with E-state index in [2.05, 4.69) is 46.4 Å². The van der Waals surface area contributed by atoms with Crippen LogP contribution in [0.4, 0.5) is 0 Å². The van der Waals surface area contributed by atoms with Gasteiger partial charge in [0.15, 0.2) is 11.5 Å². The Morgan fingerprint density at radius 2 is 0.933 bits per heavy atom. The van der Waals surface area contributed by atoms with Gasteiger partial charge in [0.05, 0.1) is 11.0 Å². The summed E-state index contributed by atoms with van der Waals surface area (Å²) >= 11 is 0. The number of fused-ring (bicyclic) bond motifs is 3. The van der Waals surface area contributed by atoms with Crippen molar-refractivity contribution in [2.75, 3.05) is 0 Å². The van der Waals surface area contributed by atoms with Crippen LogP contribution in [-0.4, -0.2) is 9.97 Å². The Morgan fingerprint density at radius 1 is 0.433 bits per heavy atom. The van der Waals surface area contributed by atoms with Crippen molar-refractivity contribution in [3.63, 3.8) is 0 Å². The quantitative estimate of drug-likeness (QED) is 0.325. The highest BCUT2D eigenvalue weighted by molar-refractivity contribution is 5.77. The zero-order valence-corrected chi connectivity index (χ0v) is 15.9. The minimum atomic E-state index is 0.387. The van der Waals surface area contributed by atoms with Crippen LogP contribution >= 0.6 is 0 Å². The van der Waals surface area contributed by atoms with Crippen LogP contribution in [0.15, 0.2) is 97.1 Å². The van der Waals surface area contributed by atoms with E-state index in [4.69, 9.17) is 9.47 Å². The molecule has 0 aliphatic carbocycles. The van der Waals surface area contributed by atoms with E-state index in [1.54, 1.807) is 0 Å². The molecule has 6 rings (SSSR count). The predicted octanol–water partition coefficient (Wildman–Crippen LogP) is 6.86. The Bertz CT molecular complexity index is 1380. The van der Waals surface area contributed by atoms with E-state index in [1.807, 2.05) is 60.7 Å². The second kappa shape index (κ2) is 6.71. The van der Waals surface area contributed by atoms with Crippen LogP contribution < -0.4 is 9.47 Å². The normalized spacial score (nSPS) is 11.9. The van der Waals surface area contributed by atoms with Crippen molar-refractivity contribution in [2.45, 2.75) is 0 Å². The molecule has 1 aliphatic rings. The molecule has 5 aromatic rings. The SMILES string of the molecule is c1ccc(-c2ccc(-c3ccc4c(c3)Oc3nc5ccccc5nc3O4)cc2)cc1. The van der Waals surface area contributed by atoms with Gasteiger partial charge in [0.25, 0.3) is 11.8 Å². The van der Waals surface area contributed by atoms with Crippen LogP contribution in [0, 0.1) is 0 Å². The summed E-state index contributed by atoms with van der Waals surface area (Å²) in [4.78, 5) is 9.08. The van der Waals surface area contributed by atoms with Gasteiger partial charge < -0.3 is 9.47 Å². The highest BCUT2D eigenvalue weighted by Crippen LogP contribution is 2.45. The fourth-order valence-corrected chi connectivity index (χ4v) is 3.65. The van der Waals surface area contributed by atoms with Crippen molar-refractivity contribution < 1.29 is 9.47 Å². The molecule has 0 unspecified atom stereocenters. The summed E-state index contributed by atoms with van der Waals surface area (Å²) in [7, 11) is 0. The number of para-hydroxylation sites is 2. The van der Waals surface area contributed by atoms with Crippen LogP contribution in [0.2, 0.25) is 0 Å². The molecule has 0 amide bonds. The molecule has 4 aromatic carbocycles. The van der Waals surface area contributed by atoms with Gasteiger partial charge in [-0.05, 0) is 46.5 Å². The Balaban J connectivity index is 1.33. The molecule has 1 aromatic heterocycles. The molecule has 0 N–H and O–H groups in total. The van der Waals surface area contributed by atoms with Gasteiger partial charge in [-0.2, -0.15) is 0 Å². The number of nitrogens with zero attached hydrogens (tertiary/aromatic N) is 2. The number of benzene rings is 4. The largest absolute Gasteiger partial charge is 0.431 e. The summed E-state index contributed by atoms with van der Waals surface area (Å²) in [5, 5.41) is 0. The molecule has 2 heterocycles. The van der Waals surface area contributed by atoms with E-state index < -0.39 is 0 Å². The molecule has 0 atom stereocenters. The van der Waals surface area contributed by atoms with Gasteiger partial charge in [0, 0.05) is 0 Å². The maximum absolute atomic E-state index is 6.04. The Kier molecular flexibility index (Phi) is 3.74. The summed E-state index contributed by atoms with van der Waals surface area (Å²) in [6.45, 7) is 0.